The lowest BCUT2D eigenvalue weighted by Gasteiger charge is -2.19. The van der Waals surface area contributed by atoms with Crippen molar-refractivity contribution >= 4 is 23.1 Å². The Kier molecular flexibility index (Phi) is 4.10. The van der Waals surface area contributed by atoms with Crippen LogP contribution in [-0.2, 0) is 12.8 Å². The molecule has 3 aromatic rings. The lowest BCUT2D eigenvalue weighted by atomic mass is 10.1. The van der Waals surface area contributed by atoms with Gasteiger partial charge in [-0.1, -0.05) is 43.3 Å². The van der Waals surface area contributed by atoms with Crippen molar-refractivity contribution in [2.75, 3.05) is 16.8 Å². The first-order chi connectivity index (χ1) is 12.3. The number of benzene rings is 2. The van der Waals surface area contributed by atoms with Crippen molar-refractivity contribution in [3.8, 4) is 0 Å². The molecule has 4 nitrogen and oxygen atoms in total. The molecule has 0 saturated carbocycles. The van der Waals surface area contributed by atoms with Crippen LogP contribution in [0.1, 0.15) is 23.6 Å². The molecule has 25 heavy (non-hydrogen) atoms. The second kappa shape index (κ2) is 6.55. The van der Waals surface area contributed by atoms with E-state index in [9.17, 15) is 0 Å². The number of nitrogens with zero attached hydrogens (tertiary/aromatic N) is 3. The van der Waals surface area contributed by atoms with Crippen LogP contribution in [0.2, 0.25) is 0 Å². The molecule has 1 aromatic heterocycles. The van der Waals surface area contributed by atoms with Crippen molar-refractivity contribution in [2.45, 2.75) is 26.7 Å². The van der Waals surface area contributed by atoms with Crippen LogP contribution >= 0.6 is 0 Å². The molecule has 0 radical (unpaired) electrons. The van der Waals surface area contributed by atoms with Gasteiger partial charge >= 0.3 is 0 Å². The Bertz CT molecular complexity index is 904. The molecule has 2 aromatic carbocycles. The number of para-hydroxylation sites is 2. The summed E-state index contributed by atoms with van der Waals surface area (Å²) in [6.07, 6.45) is 3.86. The van der Waals surface area contributed by atoms with E-state index in [0.717, 1.165) is 30.9 Å². The molecule has 0 unspecified atom stereocenters. The number of aromatic nitrogens is 2. The molecule has 0 saturated heterocycles. The second-order valence-corrected chi connectivity index (χ2v) is 6.36. The molecule has 1 aliphatic heterocycles. The Morgan fingerprint density at radius 1 is 1.08 bits per heavy atom. The summed E-state index contributed by atoms with van der Waals surface area (Å²) in [6, 6.07) is 16.9. The van der Waals surface area contributed by atoms with Crippen LogP contribution in [-0.4, -0.2) is 16.5 Å². The second-order valence-electron chi connectivity index (χ2n) is 6.36. The van der Waals surface area contributed by atoms with Crippen LogP contribution in [0.4, 0.5) is 23.1 Å². The van der Waals surface area contributed by atoms with Gasteiger partial charge in [0.15, 0.2) is 0 Å². The summed E-state index contributed by atoms with van der Waals surface area (Å²) in [6.45, 7) is 5.24. The van der Waals surface area contributed by atoms with Crippen molar-refractivity contribution in [3.63, 3.8) is 0 Å². The summed E-state index contributed by atoms with van der Waals surface area (Å²) in [5, 5.41) is 3.43. The maximum atomic E-state index is 4.77. The number of aryl methyl sites for hydroxylation is 2. The van der Waals surface area contributed by atoms with Crippen LogP contribution in [0.5, 0.6) is 0 Å². The summed E-state index contributed by atoms with van der Waals surface area (Å²) in [7, 11) is 0. The SMILES string of the molecule is CCc1cccc(C)c1Nc1nccc(N2CCc3ccccc32)n1. The third kappa shape index (κ3) is 2.95. The van der Waals surface area contributed by atoms with Gasteiger partial charge in [0, 0.05) is 24.1 Å². The van der Waals surface area contributed by atoms with Crippen LogP contribution in [0.3, 0.4) is 0 Å². The predicted octanol–water partition coefficient (Wildman–Crippen LogP) is 4.79. The Hall–Kier alpha value is -2.88. The van der Waals surface area contributed by atoms with Crippen LogP contribution in [0.15, 0.2) is 54.7 Å². The highest BCUT2D eigenvalue weighted by atomic mass is 15.2. The van der Waals surface area contributed by atoms with Crippen molar-refractivity contribution in [1.82, 2.24) is 9.97 Å². The molecule has 0 atom stereocenters. The quantitative estimate of drug-likeness (QED) is 0.747. The molecule has 0 bridgehead atoms. The number of anilines is 4. The van der Waals surface area contributed by atoms with E-state index in [1.165, 1.54) is 22.4 Å². The summed E-state index contributed by atoms with van der Waals surface area (Å²) in [5.74, 6) is 1.58. The molecular weight excluding hydrogens is 308 g/mol. The highest BCUT2D eigenvalue weighted by Gasteiger charge is 2.21. The van der Waals surface area contributed by atoms with E-state index in [-0.39, 0.29) is 0 Å². The molecule has 4 rings (SSSR count). The van der Waals surface area contributed by atoms with Gasteiger partial charge in [-0.25, -0.2) is 4.98 Å². The zero-order chi connectivity index (χ0) is 17.2. The van der Waals surface area contributed by atoms with Gasteiger partial charge in [-0.2, -0.15) is 4.98 Å². The van der Waals surface area contributed by atoms with Crippen LogP contribution < -0.4 is 10.2 Å². The molecule has 0 amide bonds. The lowest BCUT2D eigenvalue weighted by Crippen LogP contribution is -2.15. The van der Waals surface area contributed by atoms with Gasteiger partial charge in [0.25, 0.3) is 0 Å². The summed E-state index contributed by atoms with van der Waals surface area (Å²) in [5.41, 5.74) is 6.23. The number of hydrogen-bond donors (Lipinski definition) is 1. The fraction of sp³-hybridized carbons (Fsp3) is 0.238. The van der Waals surface area contributed by atoms with Gasteiger partial charge in [0.2, 0.25) is 5.95 Å². The van der Waals surface area contributed by atoms with E-state index in [2.05, 4.69) is 71.5 Å². The summed E-state index contributed by atoms with van der Waals surface area (Å²) in [4.78, 5) is 11.5. The largest absolute Gasteiger partial charge is 0.326 e. The van der Waals surface area contributed by atoms with Gasteiger partial charge in [-0.3, -0.25) is 0 Å². The molecule has 1 aliphatic rings. The number of fused-ring (bicyclic) bond motifs is 1. The minimum atomic E-state index is 0.644. The number of nitrogens with one attached hydrogen (secondary N) is 1. The highest BCUT2D eigenvalue weighted by Crippen LogP contribution is 2.33. The van der Waals surface area contributed by atoms with Crippen LogP contribution in [0.25, 0.3) is 0 Å². The van der Waals surface area contributed by atoms with Crippen molar-refractivity contribution in [2.24, 2.45) is 0 Å². The first kappa shape index (κ1) is 15.6. The molecule has 0 fully saturated rings. The van der Waals surface area contributed by atoms with E-state index < -0.39 is 0 Å². The fourth-order valence-electron chi connectivity index (χ4n) is 3.45. The van der Waals surface area contributed by atoms with E-state index in [4.69, 9.17) is 4.98 Å². The minimum absolute atomic E-state index is 0.644. The standard InChI is InChI=1S/C21H22N4/c1-3-16-9-6-7-15(2)20(16)24-21-22-13-11-19(23-21)25-14-12-17-8-4-5-10-18(17)25/h4-11,13H,3,12,14H2,1-2H3,(H,22,23,24). The fourth-order valence-corrected chi connectivity index (χ4v) is 3.45. The van der Waals surface area contributed by atoms with E-state index in [0.29, 0.717) is 5.95 Å². The van der Waals surface area contributed by atoms with Gasteiger partial charge in [0.05, 0.1) is 0 Å². The maximum absolute atomic E-state index is 4.77. The van der Waals surface area contributed by atoms with E-state index in [1.807, 2.05) is 12.3 Å². The zero-order valence-electron chi connectivity index (χ0n) is 14.7. The Balaban J connectivity index is 1.66. The smallest absolute Gasteiger partial charge is 0.229 e. The normalized spacial score (nSPS) is 13.0. The monoisotopic (exact) mass is 330 g/mol. The minimum Gasteiger partial charge on any atom is -0.326 e. The average Bonchev–Trinajstić information content (AvgIpc) is 3.08. The topological polar surface area (TPSA) is 41.1 Å². The molecule has 4 heteroatoms. The summed E-state index contributed by atoms with van der Waals surface area (Å²) >= 11 is 0. The van der Waals surface area contributed by atoms with Gasteiger partial charge < -0.3 is 10.2 Å². The van der Waals surface area contributed by atoms with Gasteiger partial charge in [-0.05, 0) is 48.6 Å². The van der Waals surface area contributed by atoms with E-state index in [1.54, 1.807) is 0 Å². The van der Waals surface area contributed by atoms with E-state index >= 15 is 0 Å². The average molecular weight is 330 g/mol. The van der Waals surface area contributed by atoms with Crippen molar-refractivity contribution in [3.05, 3.63) is 71.4 Å². The molecule has 126 valence electrons. The number of hydrogen-bond acceptors (Lipinski definition) is 4. The lowest BCUT2D eigenvalue weighted by molar-refractivity contribution is 0.966. The molecular formula is C21H22N4. The number of rotatable bonds is 4. The predicted molar refractivity (Wildman–Crippen MR) is 103 cm³/mol. The highest BCUT2D eigenvalue weighted by molar-refractivity contribution is 5.69. The molecule has 0 spiro atoms. The van der Waals surface area contributed by atoms with Gasteiger partial charge in [0.1, 0.15) is 5.82 Å². The Morgan fingerprint density at radius 2 is 1.96 bits per heavy atom. The van der Waals surface area contributed by atoms with Gasteiger partial charge in [-0.15, -0.1) is 0 Å². The molecule has 2 heterocycles. The van der Waals surface area contributed by atoms with Crippen molar-refractivity contribution < 1.29 is 0 Å². The first-order valence-electron chi connectivity index (χ1n) is 8.80. The Morgan fingerprint density at radius 3 is 2.84 bits per heavy atom. The zero-order valence-corrected chi connectivity index (χ0v) is 14.7. The maximum Gasteiger partial charge on any atom is 0.229 e. The Labute approximate surface area is 148 Å². The van der Waals surface area contributed by atoms with Crippen molar-refractivity contribution in [1.29, 1.82) is 0 Å². The molecule has 1 N–H and O–H groups in total. The third-order valence-electron chi connectivity index (χ3n) is 4.78. The third-order valence-corrected chi connectivity index (χ3v) is 4.78. The van der Waals surface area contributed by atoms with Crippen LogP contribution in [0, 0.1) is 6.92 Å². The first-order valence-corrected chi connectivity index (χ1v) is 8.80. The summed E-state index contributed by atoms with van der Waals surface area (Å²) < 4.78 is 0. The molecule has 0 aliphatic carbocycles.